The summed E-state index contributed by atoms with van der Waals surface area (Å²) in [6.45, 7) is 0.730. The van der Waals surface area contributed by atoms with Crippen LogP contribution in [0.4, 0.5) is 5.13 Å². The molecule has 3 rings (SSSR count). The van der Waals surface area contributed by atoms with Gasteiger partial charge in [0.1, 0.15) is 5.58 Å². The Bertz CT molecular complexity index is 619. The number of anilines is 1. The zero-order valence-corrected chi connectivity index (χ0v) is 10.0. The maximum atomic E-state index is 5.49. The second kappa shape index (κ2) is 4.14. The second-order valence-electron chi connectivity index (χ2n) is 3.76. The molecule has 86 valence electrons. The van der Waals surface area contributed by atoms with Crippen molar-refractivity contribution >= 4 is 27.6 Å². The third kappa shape index (κ3) is 1.87. The summed E-state index contributed by atoms with van der Waals surface area (Å²) < 4.78 is 9.24. The van der Waals surface area contributed by atoms with Gasteiger partial charge in [-0.2, -0.15) is 0 Å². The van der Waals surface area contributed by atoms with Crippen LogP contribution in [0.15, 0.2) is 34.9 Å². The molecule has 2 aromatic heterocycles. The molecule has 0 N–H and O–H groups in total. The van der Waals surface area contributed by atoms with Crippen LogP contribution in [0.2, 0.25) is 0 Å². The van der Waals surface area contributed by atoms with Gasteiger partial charge in [-0.15, -0.1) is 0 Å². The monoisotopic (exact) mass is 246 g/mol. The van der Waals surface area contributed by atoms with Crippen LogP contribution in [0.3, 0.4) is 0 Å². The third-order valence-electron chi connectivity index (χ3n) is 2.58. The molecule has 0 atom stereocenters. The Hall–Kier alpha value is -1.95. The lowest BCUT2D eigenvalue weighted by atomic mass is 10.2. The molecule has 0 unspecified atom stereocenters. The highest BCUT2D eigenvalue weighted by atomic mass is 32.1. The first-order valence-corrected chi connectivity index (χ1v) is 5.93. The van der Waals surface area contributed by atoms with Gasteiger partial charge in [0.05, 0.1) is 6.26 Å². The molecular formula is C11H10N4OS. The van der Waals surface area contributed by atoms with E-state index < -0.39 is 0 Å². The minimum atomic E-state index is 0.730. The van der Waals surface area contributed by atoms with Gasteiger partial charge in [0.2, 0.25) is 5.13 Å². The van der Waals surface area contributed by atoms with E-state index in [0.717, 1.165) is 28.2 Å². The summed E-state index contributed by atoms with van der Waals surface area (Å²) in [5, 5.41) is 9.45. The van der Waals surface area contributed by atoms with Crippen LogP contribution < -0.4 is 4.90 Å². The fraction of sp³-hybridized carbons (Fsp3) is 0.182. The van der Waals surface area contributed by atoms with Gasteiger partial charge in [0.25, 0.3) is 0 Å². The number of nitrogens with zero attached hydrogens (tertiary/aromatic N) is 4. The number of hydrogen-bond donors (Lipinski definition) is 0. The molecule has 0 bridgehead atoms. The Labute approximate surface area is 102 Å². The van der Waals surface area contributed by atoms with Gasteiger partial charge in [-0.25, -0.2) is 0 Å². The zero-order valence-electron chi connectivity index (χ0n) is 9.20. The smallest absolute Gasteiger partial charge is 0.227 e. The van der Waals surface area contributed by atoms with Crippen molar-refractivity contribution in [2.24, 2.45) is 0 Å². The number of aromatic nitrogens is 3. The van der Waals surface area contributed by atoms with E-state index in [0.29, 0.717) is 0 Å². The Kier molecular flexibility index (Phi) is 2.49. The summed E-state index contributed by atoms with van der Waals surface area (Å²) in [6.07, 6.45) is 1.79. The molecule has 0 saturated heterocycles. The Morgan fingerprint density at radius 1 is 1.35 bits per heavy atom. The number of benzene rings is 1. The van der Waals surface area contributed by atoms with E-state index in [2.05, 4.69) is 20.9 Å². The van der Waals surface area contributed by atoms with Gasteiger partial charge in [-0.3, -0.25) is 0 Å². The minimum absolute atomic E-state index is 0.730. The molecule has 0 spiro atoms. The van der Waals surface area contributed by atoms with Crippen LogP contribution in [-0.2, 0) is 6.54 Å². The molecule has 5 nitrogen and oxygen atoms in total. The molecule has 0 aliphatic heterocycles. The standard InChI is InChI=1S/C11H10N4OS/c1-15(11-12-13-14-17-11)6-8-7-16-10-5-3-2-4-9(8)10/h2-5,7H,6H2,1H3. The molecule has 0 radical (unpaired) electrons. The van der Waals surface area contributed by atoms with Crippen LogP contribution in [-0.4, -0.2) is 21.8 Å². The average Bonchev–Trinajstić information content (AvgIpc) is 2.98. The first kappa shape index (κ1) is 10.2. The van der Waals surface area contributed by atoms with Crippen LogP contribution in [0.5, 0.6) is 0 Å². The maximum absolute atomic E-state index is 5.49. The molecule has 0 aliphatic rings. The lowest BCUT2D eigenvalue weighted by molar-refractivity contribution is 0.609. The predicted octanol–water partition coefficient (Wildman–Crippen LogP) is 2.32. The Balaban J connectivity index is 1.90. The van der Waals surface area contributed by atoms with Gasteiger partial charge < -0.3 is 9.32 Å². The van der Waals surface area contributed by atoms with Crippen molar-refractivity contribution in [3.05, 3.63) is 36.1 Å². The highest BCUT2D eigenvalue weighted by Crippen LogP contribution is 2.23. The molecular weight excluding hydrogens is 236 g/mol. The highest BCUT2D eigenvalue weighted by Gasteiger charge is 2.10. The van der Waals surface area contributed by atoms with Crippen molar-refractivity contribution in [2.45, 2.75) is 6.54 Å². The SMILES string of the molecule is CN(Cc1coc2ccccc12)c1nnns1. The largest absolute Gasteiger partial charge is 0.464 e. The van der Waals surface area contributed by atoms with E-state index in [-0.39, 0.29) is 0 Å². The summed E-state index contributed by atoms with van der Waals surface area (Å²) in [6, 6.07) is 7.99. The summed E-state index contributed by atoms with van der Waals surface area (Å²) in [7, 11) is 1.96. The van der Waals surface area contributed by atoms with Crippen molar-refractivity contribution < 1.29 is 4.42 Å². The zero-order chi connectivity index (χ0) is 11.7. The summed E-state index contributed by atoms with van der Waals surface area (Å²) in [5.74, 6) is 0. The fourth-order valence-electron chi connectivity index (χ4n) is 1.75. The van der Waals surface area contributed by atoms with Crippen LogP contribution in [0, 0.1) is 0 Å². The highest BCUT2D eigenvalue weighted by molar-refractivity contribution is 7.09. The Morgan fingerprint density at radius 2 is 2.24 bits per heavy atom. The molecule has 0 fully saturated rings. The van der Waals surface area contributed by atoms with Crippen LogP contribution in [0.1, 0.15) is 5.56 Å². The van der Waals surface area contributed by atoms with Gasteiger partial charge in [0, 0.05) is 36.1 Å². The molecule has 0 amide bonds. The topological polar surface area (TPSA) is 55.1 Å². The van der Waals surface area contributed by atoms with E-state index in [1.54, 1.807) is 6.26 Å². The number of fused-ring (bicyclic) bond motifs is 1. The van der Waals surface area contributed by atoms with Crippen molar-refractivity contribution in [3.8, 4) is 0 Å². The van der Waals surface area contributed by atoms with E-state index in [1.165, 1.54) is 11.5 Å². The fourth-order valence-corrected chi connectivity index (χ4v) is 2.18. The molecule has 2 heterocycles. The summed E-state index contributed by atoms with van der Waals surface area (Å²) >= 11 is 1.28. The number of furan rings is 1. The van der Waals surface area contributed by atoms with Gasteiger partial charge >= 0.3 is 0 Å². The lowest BCUT2D eigenvalue weighted by Gasteiger charge is -2.12. The van der Waals surface area contributed by atoms with E-state index >= 15 is 0 Å². The summed E-state index contributed by atoms with van der Waals surface area (Å²) in [4.78, 5) is 2.00. The van der Waals surface area contributed by atoms with Gasteiger partial charge in [-0.1, -0.05) is 27.8 Å². The predicted molar refractivity (Wildman–Crippen MR) is 66.0 cm³/mol. The normalized spacial score (nSPS) is 10.9. The van der Waals surface area contributed by atoms with Gasteiger partial charge in [-0.05, 0) is 11.3 Å². The minimum Gasteiger partial charge on any atom is -0.464 e. The van der Waals surface area contributed by atoms with Crippen molar-refractivity contribution in [3.63, 3.8) is 0 Å². The quantitative estimate of drug-likeness (QED) is 0.709. The third-order valence-corrected chi connectivity index (χ3v) is 3.30. The van der Waals surface area contributed by atoms with Gasteiger partial charge in [0.15, 0.2) is 0 Å². The average molecular weight is 246 g/mol. The molecule has 17 heavy (non-hydrogen) atoms. The lowest BCUT2D eigenvalue weighted by Crippen LogP contribution is -2.15. The Morgan fingerprint density at radius 3 is 3.06 bits per heavy atom. The maximum Gasteiger partial charge on any atom is 0.227 e. The molecule has 1 aromatic carbocycles. The molecule has 0 aliphatic carbocycles. The van der Waals surface area contributed by atoms with E-state index in [1.807, 2.05) is 30.1 Å². The number of rotatable bonds is 3. The van der Waals surface area contributed by atoms with E-state index in [9.17, 15) is 0 Å². The van der Waals surface area contributed by atoms with Crippen LogP contribution in [0.25, 0.3) is 11.0 Å². The first-order chi connectivity index (χ1) is 8.34. The second-order valence-corrected chi connectivity index (χ2v) is 4.47. The molecule has 6 heteroatoms. The first-order valence-electron chi connectivity index (χ1n) is 5.16. The van der Waals surface area contributed by atoms with Crippen molar-refractivity contribution in [1.29, 1.82) is 0 Å². The molecule has 3 aromatic rings. The number of para-hydroxylation sites is 1. The summed E-state index contributed by atoms with van der Waals surface area (Å²) in [5.41, 5.74) is 2.05. The van der Waals surface area contributed by atoms with Crippen molar-refractivity contribution in [2.75, 3.05) is 11.9 Å². The molecule has 0 saturated carbocycles. The number of hydrogen-bond acceptors (Lipinski definition) is 6. The van der Waals surface area contributed by atoms with E-state index in [4.69, 9.17) is 4.42 Å². The van der Waals surface area contributed by atoms with Crippen molar-refractivity contribution in [1.82, 2.24) is 14.8 Å². The van der Waals surface area contributed by atoms with Crippen LogP contribution >= 0.6 is 11.5 Å².